The van der Waals surface area contributed by atoms with Gasteiger partial charge in [-0.1, -0.05) is 53.2 Å². The minimum absolute atomic E-state index is 0.0387. The molecule has 4 rings (SSSR count). The lowest BCUT2D eigenvalue weighted by molar-refractivity contribution is -0.128. The zero-order chi connectivity index (χ0) is 22.9. The molecule has 32 heavy (non-hydrogen) atoms. The van der Waals surface area contributed by atoms with Crippen LogP contribution in [-0.2, 0) is 14.6 Å². The van der Waals surface area contributed by atoms with Crippen LogP contribution >= 0.6 is 11.8 Å². The zero-order valence-corrected chi connectivity index (χ0v) is 20.0. The first-order valence-electron chi connectivity index (χ1n) is 10.4. The number of hydrogen-bond acceptors (Lipinski definition) is 6. The summed E-state index contributed by atoms with van der Waals surface area (Å²) in [5, 5.41) is 9.43. The van der Waals surface area contributed by atoms with Gasteiger partial charge in [-0.05, 0) is 38.5 Å². The quantitative estimate of drug-likeness (QED) is 0.514. The first-order chi connectivity index (χ1) is 15.2. The second kappa shape index (κ2) is 9.07. The molecule has 1 aliphatic heterocycles. The van der Waals surface area contributed by atoms with Crippen molar-refractivity contribution >= 4 is 27.5 Å². The predicted octanol–water partition coefficient (Wildman–Crippen LogP) is 3.29. The fourth-order valence-electron chi connectivity index (χ4n) is 3.77. The van der Waals surface area contributed by atoms with Gasteiger partial charge in [0.05, 0.1) is 17.3 Å². The Balaban J connectivity index is 1.60. The molecule has 1 aromatic heterocycles. The molecule has 0 radical (unpaired) electrons. The molecule has 3 aromatic rings. The molecule has 0 aliphatic carbocycles. The summed E-state index contributed by atoms with van der Waals surface area (Å²) in [6.45, 7) is 4.06. The van der Waals surface area contributed by atoms with Crippen LogP contribution < -0.4 is 0 Å². The number of benzene rings is 2. The number of thioether (sulfide) groups is 1. The van der Waals surface area contributed by atoms with Crippen molar-refractivity contribution in [1.29, 1.82) is 0 Å². The van der Waals surface area contributed by atoms with E-state index in [9.17, 15) is 13.2 Å². The van der Waals surface area contributed by atoms with Crippen LogP contribution in [-0.4, -0.2) is 64.3 Å². The number of rotatable bonds is 6. The summed E-state index contributed by atoms with van der Waals surface area (Å²) in [6, 6.07) is 15.9. The molecule has 1 saturated heterocycles. The van der Waals surface area contributed by atoms with Crippen LogP contribution in [0, 0.1) is 13.8 Å². The Morgan fingerprint density at radius 2 is 1.88 bits per heavy atom. The summed E-state index contributed by atoms with van der Waals surface area (Å²) in [4.78, 5) is 14.3. The number of carbonyl (C=O) groups is 1. The van der Waals surface area contributed by atoms with Gasteiger partial charge in [0.2, 0.25) is 5.91 Å². The largest absolute Gasteiger partial charge is 0.341 e. The van der Waals surface area contributed by atoms with Crippen molar-refractivity contribution in [1.82, 2.24) is 19.7 Å². The van der Waals surface area contributed by atoms with Crippen molar-refractivity contribution in [2.75, 3.05) is 24.3 Å². The Kier molecular flexibility index (Phi) is 6.39. The Morgan fingerprint density at radius 3 is 2.53 bits per heavy atom. The monoisotopic (exact) mass is 470 g/mol. The number of aryl methyl sites for hydroxylation is 2. The molecule has 7 nitrogen and oxygen atoms in total. The van der Waals surface area contributed by atoms with Gasteiger partial charge >= 0.3 is 0 Å². The van der Waals surface area contributed by atoms with Crippen molar-refractivity contribution in [3.05, 3.63) is 59.7 Å². The molecule has 1 atom stereocenters. The van der Waals surface area contributed by atoms with Gasteiger partial charge in [-0.25, -0.2) is 8.42 Å². The van der Waals surface area contributed by atoms with E-state index in [2.05, 4.69) is 16.3 Å². The van der Waals surface area contributed by atoms with E-state index in [1.807, 2.05) is 60.9 Å². The average Bonchev–Trinajstić information content (AvgIpc) is 3.35. The first kappa shape index (κ1) is 22.5. The summed E-state index contributed by atoms with van der Waals surface area (Å²) in [7, 11) is -1.37. The first-order valence-corrected chi connectivity index (χ1v) is 13.2. The maximum atomic E-state index is 12.8. The van der Waals surface area contributed by atoms with E-state index in [4.69, 9.17) is 0 Å². The highest BCUT2D eigenvalue weighted by Crippen LogP contribution is 2.29. The molecule has 0 bridgehead atoms. The van der Waals surface area contributed by atoms with E-state index in [1.54, 1.807) is 11.9 Å². The third kappa shape index (κ3) is 4.88. The van der Waals surface area contributed by atoms with Gasteiger partial charge in [0.1, 0.15) is 0 Å². The summed E-state index contributed by atoms with van der Waals surface area (Å²) in [5.41, 5.74) is 4.14. The molecule has 1 amide bonds. The van der Waals surface area contributed by atoms with Crippen molar-refractivity contribution in [3.8, 4) is 17.1 Å². The summed E-state index contributed by atoms with van der Waals surface area (Å²) in [5.74, 6) is 0.932. The summed E-state index contributed by atoms with van der Waals surface area (Å²) >= 11 is 1.31. The van der Waals surface area contributed by atoms with Crippen LogP contribution in [0.25, 0.3) is 17.1 Å². The highest BCUT2D eigenvalue weighted by molar-refractivity contribution is 7.99. The molecule has 0 unspecified atom stereocenters. The van der Waals surface area contributed by atoms with E-state index in [1.165, 1.54) is 11.8 Å². The number of nitrogens with zero attached hydrogens (tertiary/aromatic N) is 4. The maximum Gasteiger partial charge on any atom is 0.233 e. The molecule has 1 fully saturated rings. The van der Waals surface area contributed by atoms with E-state index < -0.39 is 9.84 Å². The van der Waals surface area contributed by atoms with Crippen molar-refractivity contribution in [3.63, 3.8) is 0 Å². The highest BCUT2D eigenvalue weighted by Gasteiger charge is 2.32. The zero-order valence-electron chi connectivity index (χ0n) is 18.4. The standard InChI is InChI=1S/C23H26N4O3S2/c1-16-7-9-19(10-8-16)27-22(18-6-4-5-17(2)13-18)24-25-23(27)31-14-21(28)26(3)20-11-12-32(29,30)15-20/h4-10,13,20H,11-12,14-15H2,1-3H3/t20-/m1/s1. The number of carbonyl (C=O) groups excluding carboxylic acids is 1. The Bertz CT molecular complexity index is 1240. The third-order valence-electron chi connectivity index (χ3n) is 5.68. The normalized spacial score (nSPS) is 17.4. The van der Waals surface area contributed by atoms with Gasteiger partial charge < -0.3 is 4.90 Å². The van der Waals surface area contributed by atoms with Gasteiger partial charge in [-0.2, -0.15) is 0 Å². The lowest BCUT2D eigenvalue weighted by Gasteiger charge is -2.23. The number of hydrogen-bond donors (Lipinski definition) is 0. The van der Waals surface area contributed by atoms with Gasteiger partial charge in [0.25, 0.3) is 0 Å². The SMILES string of the molecule is Cc1ccc(-n2c(SCC(=O)N(C)[C@@H]3CCS(=O)(=O)C3)nnc2-c2cccc(C)c2)cc1. The average molecular weight is 471 g/mol. The topological polar surface area (TPSA) is 85.2 Å². The summed E-state index contributed by atoms with van der Waals surface area (Å²) in [6.07, 6.45) is 0.492. The van der Waals surface area contributed by atoms with E-state index in [-0.39, 0.29) is 29.2 Å². The van der Waals surface area contributed by atoms with E-state index in [0.29, 0.717) is 17.4 Å². The van der Waals surface area contributed by atoms with Crippen molar-refractivity contribution in [2.45, 2.75) is 31.5 Å². The minimum atomic E-state index is -3.05. The fourth-order valence-corrected chi connectivity index (χ4v) is 6.42. The van der Waals surface area contributed by atoms with E-state index >= 15 is 0 Å². The van der Waals surface area contributed by atoms with Crippen LogP contribution in [0.15, 0.2) is 53.7 Å². The molecular weight excluding hydrogens is 444 g/mol. The van der Waals surface area contributed by atoms with Crippen LogP contribution in [0.2, 0.25) is 0 Å². The van der Waals surface area contributed by atoms with E-state index in [0.717, 1.165) is 22.4 Å². The van der Waals surface area contributed by atoms with Gasteiger partial charge in [-0.15, -0.1) is 10.2 Å². The van der Waals surface area contributed by atoms with Gasteiger partial charge in [-0.3, -0.25) is 9.36 Å². The van der Waals surface area contributed by atoms with Crippen LogP contribution in [0.5, 0.6) is 0 Å². The Morgan fingerprint density at radius 1 is 1.12 bits per heavy atom. The summed E-state index contributed by atoms with van der Waals surface area (Å²) < 4.78 is 25.5. The van der Waals surface area contributed by atoms with Crippen LogP contribution in [0.4, 0.5) is 0 Å². The lowest BCUT2D eigenvalue weighted by atomic mass is 10.1. The second-order valence-electron chi connectivity index (χ2n) is 8.20. The molecule has 0 N–H and O–H groups in total. The van der Waals surface area contributed by atoms with Crippen LogP contribution in [0.1, 0.15) is 17.5 Å². The molecular formula is C23H26N4O3S2. The number of amides is 1. The molecule has 2 aromatic carbocycles. The van der Waals surface area contributed by atoms with Crippen molar-refractivity contribution in [2.24, 2.45) is 0 Å². The fraction of sp³-hybridized carbons (Fsp3) is 0.348. The van der Waals surface area contributed by atoms with Crippen LogP contribution in [0.3, 0.4) is 0 Å². The Labute approximate surface area is 192 Å². The van der Waals surface area contributed by atoms with Gasteiger partial charge in [0, 0.05) is 24.3 Å². The molecule has 0 spiro atoms. The molecule has 2 heterocycles. The third-order valence-corrected chi connectivity index (χ3v) is 8.34. The molecule has 1 aliphatic rings. The lowest BCUT2D eigenvalue weighted by Crippen LogP contribution is -2.38. The minimum Gasteiger partial charge on any atom is -0.341 e. The highest BCUT2D eigenvalue weighted by atomic mass is 32.2. The smallest absolute Gasteiger partial charge is 0.233 e. The second-order valence-corrected chi connectivity index (χ2v) is 11.4. The Hall–Kier alpha value is -2.65. The molecule has 168 valence electrons. The predicted molar refractivity (Wildman–Crippen MR) is 127 cm³/mol. The van der Waals surface area contributed by atoms with Crippen molar-refractivity contribution < 1.29 is 13.2 Å². The maximum absolute atomic E-state index is 12.8. The number of sulfone groups is 1. The molecule has 0 saturated carbocycles. The molecule has 9 heteroatoms. The van der Waals surface area contributed by atoms with Gasteiger partial charge in [0.15, 0.2) is 20.8 Å². The number of aromatic nitrogens is 3.